The molecular weight excluding hydrogens is 379 g/mol. The predicted molar refractivity (Wildman–Crippen MR) is 108 cm³/mol. The Morgan fingerprint density at radius 2 is 1.79 bits per heavy atom. The van der Waals surface area contributed by atoms with Gasteiger partial charge in [-0.25, -0.2) is 22.1 Å². The molecule has 150 valence electrons. The third-order valence-corrected chi connectivity index (χ3v) is 6.51. The van der Waals surface area contributed by atoms with Crippen molar-refractivity contribution in [3.8, 4) is 0 Å². The molecular formula is C20H25FN4O2S. The first kappa shape index (κ1) is 20.4. The van der Waals surface area contributed by atoms with Gasteiger partial charge in [-0.3, -0.25) is 4.90 Å². The Bertz CT molecular complexity index is 1090. The predicted octanol–water partition coefficient (Wildman–Crippen LogP) is 3.08. The molecule has 0 aliphatic rings. The molecule has 0 fully saturated rings. The Morgan fingerprint density at radius 3 is 2.43 bits per heavy atom. The monoisotopic (exact) mass is 404 g/mol. The van der Waals surface area contributed by atoms with Crippen molar-refractivity contribution in [2.24, 2.45) is 0 Å². The van der Waals surface area contributed by atoms with E-state index in [0.29, 0.717) is 30.7 Å². The summed E-state index contributed by atoms with van der Waals surface area (Å²) in [6.45, 7) is 3.71. The number of nitrogens with zero attached hydrogens (tertiary/aromatic N) is 4. The van der Waals surface area contributed by atoms with Crippen LogP contribution in [0, 0.1) is 5.82 Å². The molecule has 0 unspecified atom stereocenters. The fraction of sp³-hybridized carbons (Fsp3) is 0.350. The SMILES string of the molecule is CCn1c(CN(C)Cc2ccccc2F)nc2cc(S(=O)(=O)N(C)C)ccc21. The minimum Gasteiger partial charge on any atom is -0.327 e. The largest absolute Gasteiger partial charge is 0.327 e. The number of imidazole rings is 1. The summed E-state index contributed by atoms with van der Waals surface area (Å²) >= 11 is 0. The molecule has 3 rings (SSSR count). The average Bonchev–Trinajstić information content (AvgIpc) is 2.99. The molecule has 28 heavy (non-hydrogen) atoms. The second-order valence-corrected chi connectivity index (χ2v) is 9.13. The van der Waals surface area contributed by atoms with E-state index in [4.69, 9.17) is 0 Å². The first-order valence-electron chi connectivity index (χ1n) is 9.07. The second-order valence-electron chi connectivity index (χ2n) is 6.97. The second kappa shape index (κ2) is 7.98. The Kier molecular flexibility index (Phi) is 5.83. The number of rotatable bonds is 7. The maximum Gasteiger partial charge on any atom is 0.242 e. The van der Waals surface area contributed by atoms with Gasteiger partial charge in [0, 0.05) is 32.7 Å². The molecule has 6 nitrogen and oxygen atoms in total. The normalized spacial score (nSPS) is 12.4. The van der Waals surface area contributed by atoms with Gasteiger partial charge in [-0.1, -0.05) is 18.2 Å². The molecule has 0 saturated carbocycles. The zero-order valence-electron chi connectivity index (χ0n) is 16.6. The van der Waals surface area contributed by atoms with Crippen LogP contribution in [-0.4, -0.2) is 48.3 Å². The topological polar surface area (TPSA) is 58.4 Å². The van der Waals surface area contributed by atoms with Crippen molar-refractivity contribution in [1.82, 2.24) is 18.8 Å². The maximum atomic E-state index is 13.9. The van der Waals surface area contributed by atoms with Crippen LogP contribution in [0.3, 0.4) is 0 Å². The molecule has 0 saturated heterocycles. The first-order valence-corrected chi connectivity index (χ1v) is 10.5. The van der Waals surface area contributed by atoms with Crippen LogP contribution in [0.25, 0.3) is 11.0 Å². The Morgan fingerprint density at radius 1 is 1.07 bits per heavy atom. The molecule has 2 aromatic carbocycles. The lowest BCUT2D eigenvalue weighted by molar-refractivity contribution is 0.301. The smallest absolute Gasteiger partial charge is 0.242 e. The minimum atomic E-state index is -3.52. The van der Waals surface area contributed by atoms with Crippen molar-refractivity contribution in [2.75, 3.05) is 21.1 Å². The Labute approximate surface area is 165 Å². The third-order valence-electron chi connectivity index (χ3n) is 4.70. The van der Waals surface area contributed by atoms with Crippen LogP contribution in [0.15, 0.2) is 47.4 Å². The third kappa shape index (κ3) is 3.94. The number of benzene rings is 2. The van der Waals surface area contributed by atoms with Crippen LogP contribution >= 0.6 is 0 Å². The fourth-order valence-electron chi connectivity index (χ4n) is 3.22. The van der Waals surface area contributed by atoms with Crippen LogP contribution in [0.4, 0.5) is 4.39 Å². The zero-order chi connectivity index (χ0) is 20.5. The van der Waals surface area contributed by atoms with Gasteiger partial charge < -0.3 is 4.57 Å². The number of aryl methyl sites for hydroxylation is 1. The summed E-state index contributed by atoms with van der Waals surface area (Å²) in [5, 5.41) is 0. The molecule has 0 atom stereocenters. The lowest BCUT2D eigenvalue weighted by atomic mass is 10.2. The van der Waals surface area contributed by atoms with Gasteiger partial charge in [0.25, 0.3) is 0 Å². The molecule has 0 aliphatic carbocycles. The summed E-state index contributed by atoms with van der Waals surface area (Å²) in [7, 11) is 1.41. The van der Waals surface area contributed by atoms with E-state index in [0.717, 1.165) is 11.3 Å². The van der Waals surface area contributed by atoms with E-state index in [1.54, 1.807) is 30.3 Å². The lowest BCUT2D eigenvalue weighted by Crippen LogP contribution is -2.22. The van der Waals surface area contributed by atoms with Gasteiger partial charge in [0.1, 0.15) is 11.6 Å². The summed E-state index contributed by atoms with van der Waals surface area (Å²) in [5.74, 6) is 0.590. The highest BCUT2D eigenvalue weighted by Crippen LogP contribution is 2.23. The van der Waals surface area contributed by atoms with Crippen molar-refractivity contribution >= 4 is 21.1 Å². The number of halogens is 1. The van der Waals surface area contributed by atoms with Crippen molar-refractivity contribution in [2.45, 2.75) is 31.5 Å². The van der Waals surface area contributed by atoms with Crippen LogP contribution < -0.4 is 0 Å². The molecule has 3 aromatic rings. The molecule has 0 amide bonds. The van der Waals surface area contributed by atoms with Crippen LogP contribution in [0.5, 0.6) is 0 Å². The summed E-state index contributed by atoms with van der Waals surface area (Å²) in [4.78, 5) is 6.87. The molecule has 0 N–H and O–H groups in total. The van der Waals surface area contributed by atoms with Crippen LogP contribution in [0.1, 0.15) is 18.3 Å². The zero-order valence-corrected chi connectivity index (χ0v) is 17.4. The minimum absolute atomic E-state index is 0.219. The number of sulfonamides is 1. The number of fused-ring (bicyclic) bond motifs is 1. The van der Waals surface area contributed by atoms with Crippen molar-refractivity contribution in [3.63, 3.8) is 0 Å². The van der Waals surface area contributed by atoms with E-state index in [2.05, 4.69) is 9.55 Å². The standard InChI is InChI=1S/C20H25FN4O2S/c1-5-25-19-11-10-16(28(26,27)23(2)3)12-18(19)22-20(25)14-24(4)13-15-8-6-7-9-17(15)21/h6-12H,5,13-14H2,1-4H3. The summed E-state index contributed by atoms with van der Waals surface area (Å²) in [6, 6.07) is 11.7. The van der Waals surface area contributed by atoms with Gasteiger partial charge in [-0.05, 0) is 38.2 Å². The van der Waals surface area contributed by atoms with Crippen LogP contribution in [-0.2, 0) is 29.7 Å². The van der Waals surface area contributed by atoms with E-state index in [1.165, 1.54) is 24.5 Å². The molecule has 0 radical (unpaired) electrons. The molecule has 0 bridgehead atoms. The van der Waals surface area contributed by atoms with Gasteiger partial charge in [0.05, 0.1) is 22.5 Å². The number of aromatic nitrogens is 2. The summed E-state index contributed by atoms with van der Waals surface area (Å²) < 4.78 is 42.0. The van der Waals surface area contributed by atoms with E-state index < -0.39 is 10.0 Å². The van der Waals surface area contributed by atoms with Gasteiger partial charge in [-0.2, -0.15) is 0 Å². The van der Waals surface area contributed by atoms with E-state index in [9.17, 15) is 12.8 Å². The lowest BCUT2D eigenvalue weighted by Gasteiger charge is -2.17. The quantitative estimate of drug-likeness (QED) is 0.607. The van der Waals surface area contributed by atoms with Gasteiger partial charge in [-0.15, -0.1) is 0 Å². The van der Waals surface area contributed by atoms with Gasteiger partial charge in [0.2, 0.25) is 10.0 Å². The molecule has 8 heteroatoms. The van der Waals surface area contributed by atoms with E-state index in [-0.39, 0.29) is 10.7 Å². The number of hydrogen-bond acceptors (Lipinski definition) is 4. The molecule has 1 aromatic heterocycles. The molecule has 0 aliphatic heterocycles. The first-order chi connectivity index (χ1) is 13.2. The fourth-order valence-corrected chi connectivity index (χ4v) is 4.14. The van der Waals surface area contributed by atoms with Crippen LogP contribution in [0.2, 0.25) is 0 Å². The van der Waals surface area contributed by atoms with Crippen molar-refractivity contribution in [1.29, 1.82) is 0 Å². The molecule has 1 heterocycles. The Hall–Kier alpha value is -2.29. The Balaban J connectivity index is 1.92. The highest BCUT2D eigenvalue weighted by molar-refractivity contribution is 7.89. The average molecular weight is 405 g/mol. The summed E-state index contributed by atoms with van der Waals surface area (Å²) in [5.41, 5.74) is 2.15. The van der Waals surface area contributed by atoms with Crippen molar-refractivity contribution in [3.05, 3.63) is 59.7 Å². The highest BCUT2D eigenvalue weighted by atomic mass is 32.2. The molecule has 0 spiro atoms. The van der Waals surface area contributed by atoms with Crippen molar-refractivity contribution < 1.29 is 12.8 Å². The summed E-state index contributed by atoms with van der Waals surface area (Å²) in [6.07, 6.45) is 0. The maximum absolute atomic E-state index is 13.9. The van der Waals surface area contributed by atoms with E-state index >= 15 is 0 Å². The van der Waals surface area contributed by atoms with E-state index in [1.807, 2.05) is 24.9 Å². The van der Waals surface area contributed by atoms with Gasteiger partial charge in [0.15, 0.2) is 0 Å². The number of hydrogen-bond donors (Lipinski definition) is 0. The highest BCUT2D eigenvalue weighted by Gasteiger charge is 2.20. The van der Waals surface area contributed by atoms with Gasteiger partial charge >= 0.3 is 0 Å².